The summed E-state index contributed by atoms with van der Waals surface area (Å²) < 4.78 is 26.3. The third-order valence-corrected chi connectivity index (χ3v) is 6.63. The third kappa shape index (κ3) is 5.52. The Morgan fingerprint density at radius 3 is 2.48 bits per heavy atom. The maximum atomic E-state index is 12.4. The van der Waals surface area contributed by atoms with Gasteiger partial charge in [-0.15, -0.1) is 0 Å². The van der Waals surface area contributed by atoms with E-state index in [1.807, 2.05) is 13.8 Å². The fraction of sp³-hybridized carbons (Fsp3) is 0.611. The van der Waals surface area contributed by atoms with Crippen LogP contribution in [0, 0.1) is 0 Å². The number of nitrogens with zero attached hydrogens (tertiary/aromatic N) is 1. The van der Waals surface area contributed by atoms with Gasteiger partial charge in [0.25, 0.3) is 0 Å². The lowest BCUT2D eigenvalue weighted by Crippen LogP contribution is -2.45. The zero-order valence-corrected chi connectivity index (χ0v) is 15.9. The van der Waals surface area contributed by atoms with E-state index >= 15 is 0 Å². The number of aryl methyl sites for hydroxylation is 1. The Kier molecular flexibility index (Phi) is 7.40. The first kappa shape index (κ1) is 19.9. The molecular weight excluding hydrogens is 338 g/mol. The number of amides is 1. The monoisotopic (exact) mass is 367 g/mol. The van der Waals surface area contributed by atoms with E-state index < -0.39 is 10.0 Å². The molecule has 0 spiro atoms. The fourth-order valence-electron chi connectivity index (χ4n) is 3.07. The zero-order valence-electron chi connectivity index (χ0n) is 15.1. The Hall–Kier alpha value is -1.44. The lowest BCUT2D eigenvalue weighted by Gasteiger charge is -2.23. The van der Waals surface area contributed by atoms with Gasteiger partial charge >= 0.3 is 0 Å². The van der Waals surface area contributed by atoms with Gasteiger partial charge in [0, 0.05) is 32.1 Å². The van der Waals surface area contributed by atoms with Crippen LogP contribution in [0.2, 0.25) is 0 Å². The highest BCUT2D eigenvalue weighted by molar-refractivity contribution is 7.89. The van der Waals surface area contributed by atoms with Crippen molar-refractivity contribution in [1.29, 1.82) is 0 Å². The minimum atomic E-state index is -3.42. The molecule has 7 heteroatoms. The minimum Gasteiger partial charge on any atom is -0.352 e. The van der Waals surface area contributed by atoms with Crippen LogP contribution in [0.4, 0.5) is 0 Å². The van der Waals surface area contributed by atoms with Gasteiger partial charge in [-0.2, -0.15) is 4.31 Å². The summed E-state index contributed by atoms with van der Waals surface area (Å²) in [5.74, 6) is 0.0496. The molecule has 0 saturated carbocycles. The molecule has 0 bridgehead atoms. The number of carbonyl (C=O) groups is 1. The number of nitrogens with one attached hydrogen (secondary N) is 2. The molecular formula is C18H29N3O3S. The second-order valence-electron chi connectivity index (χ2n) is 6.34. The third-order valence-electron chi connectivity index (χ3n) is 4.57. The number of piperidine rings is 1. The molecule has 1 fully saturated rings. The van der Waals surface area contributed by atoms with Crippen LogP contribution in [0.1, 0.15) is 38.7 Å². The molecule has 1 aliphatic heterocycles. The predicted octanol–water partition coefficient (Wildman–Crippen LogP) is 1.52. The smallest absolute Gasteiger partial charge is 0.243 e. The molecule has 25 heavy (non-hydrogen) atoms. The molecule has 1 amide bonds. The summed E-state index contributed by atoms with van der Waals surface area (Å²) in [4.78, 5) is 12.3. The number of carbonyl (C=O) groups excluding carboxylic acids is 1. The van der Waals surface area contributed by atoms with Gasteiger partial charge in [-0.3, -0.25) is 4.79 Å². The van der Waals surface area contributed by atoms with Crippen LogP contribution in [0.5, 0.6) is 0 Å². The summed E-state index contributed by atoms with van der Waals surface area (Å²) in [7, 11) is -3.42. The van der Waals surface area contributed by atoms with E-state index in [4.69, 9.17) is 0 Å². The van der Waals surface area contributed by atoms with Gasteiger partial charge in [0.1, 0.15) is 0 Å². The molecule has 0 radical (unpaired) electrons. The Balaban J connectivity index is 1.88. The lowest BCUT2D eigenvalue weighted by atomic mass is 10.1. The van der Waals surface area contributed by atoms with E-state index in [0.29, 0.717) is 30.8 Å². The summed E-state index contributed by atoms with van der Waals surface area (Å²) in [6.07, 6.45) is 3.14. The first-order chi connectivity index (χ1) is 12.0. The molecule has 140 valence electrons. The van der Waals surface area contributed by atoms with Crippen LogP contribution in [-0.2, 0) is 21.2 Å². The average molecular weight is 368 g/mol. The van der Waals surface area contributed by atoms with Crippen LogP contribution in [0.3, 0.4) is 0 Å². The van der Waals surface area contributed by atoms with Gasteiger partial charge in [0.15, 0.2) is 0 Å². The molecule has 1 aromatic carbocycles. The highest BCUT2D eigenvalue weighted by atomic mass is 32.2. The van der Waals surface area contributed by atoms with Crippen molar-refractivity contribution in [3.05, 3.63) is 29.8 Å². The second-order valence-corrected chi connectivity index (χ2v) is 8.28. The quantitative estimate of drug-likeness (QED) is 0.730. The molecule has 1 unspecified atom stereocenters. The standard InChI is InChI=1S/C18H29N3O3S/c1-3-21(4-2)25(23,24)17-10-7-15(8-11-17)9-12-18(22)20-16-6-5-13-19-14-16/h7-8,10-11,16,19H,3-6,9,12-14H2,1-2H3,(H,20,22). The first-order valence-corrected chi connectivity index (χ1v) is 10.5. The number of hydrogen-bond acceptors (Lipinski definition) is 4. The van der Waals surface area contributed by atoms with Crippen molar-refractivity contribution in [2.75, 3.05) is 26.2 Å². The number of rotatable bonds is 8. The van der Waals surface area contributed by atoms with E-state index in [-0.39, 0.29) is 11.9 Å². The number of hydrogen-bond donors (Lipinski definition) is 2. The topological polar surface area (TPSA) is 78.5 Å². The summed E-state index contributed by atoms with van der Waals surface area (Å²) >= 11 is 0. The predicted molar refractivity (Wildman–Crippen MR) is 98.9 cm³/mol. The van der Waals surface area contributed by atoms with Crippen molar-refractivity contribution in [1.82, 2.24) is 14.9 Å². The molecule has 1 atom stereocenters. The van der Waals surface area contributed by atoms with Crippen LogP contribution in [-0.4, -0.2) is 50.9 Å². The molecule has 2 N–H and O–H groups in total. The van der Waals surface area contributed by atoms with Crippen LogP contribution < -0.4 is 10.6 Å². The minimum absolute atomic E-state index is 0.0496. The summed E-state index contributed by atoms with van der Waals surface area (Å²) in [6, 6.07) is 7.08. The average Bonchev–Trinajstić information content (AvgIpc) is 2.62. The maximum absolute atomic E-state index is 12.4. The van der Waals surface area contributed by atoms with Crippen molar-refractivity contribution in [2.45, 2.75) is 50.5 Å². The number of sulfonamides is 1. The Morgan fingerprint density at radius 2 is 1.92 bits per heavy atom. The SMILES string of the molecule is CCN(CC)S(=O)(=O)c1ccc(CCC(=O)NC2CCCNC2)cc1. The van der Waals surface area contributed by atoms with Crippen LogP contribution in [0.15, 0.2) is 29.2 Å². The Morgan fingerprint density at radius 1 is 1.24 bits per heavy atom. The number of benzene rings is 1. The maximum Gasteiger partial charge on any atom is 0.243 e. The molecule has 1 heterocycles. The molecule has 0 aliphatic carbocycles. The highest BCUT2D eigenvalue weighted by Gasteiger charge is 2.21. The molecule has 6 nitrogen and oxygen atoms in total. The van der Waals surface area contributed by atoms with Gasteiger partial charge in [-0.05, 0) is 43.5 Å². The normalized spacial score (nSPS) is 18.3. The van der Waals surface area contributed by atoms with Gasteiger partial charge in [-0.1, -0.05) is 26.0 Å². The van der Waals surface area contributed by atoms with E-state index in [1.165, 1.54) is 4.31 Å². The molecule has 1 aliphatic rings. The van der Waals surface area contributed by atoms with Crippen molar-refractivity contribution in [3.63, 3.8) is 0 Å². The van der Waals surface area contributed by atoms with E-state index in [1.54, 1.807) is 24.3 Å². The molecule has 0 aromatic heterocycles. The van der Waals surface area contributed by atoms with Crippen molar-refractivity contribution < 1.29 is 13.2 Å². The fourth-order valence-corrected chi connectivity index (χ4v) is 4.53. The lowest BCUT2D eigenvalue weighted by molar-refractivity contribution is -0.121. The summed E-state index contributed by atoms with van der Waals surface area (Å²) in [5, 5.41) is 6.33. The van der Waals surface area contributed by atoms with Crippen molar-refractivity contribution in [2.24, 2.45) is 0 Å². The second kappa shape index (κ2) is 9.31. The Labute approximate surface area is 151 Å². The molecule has 1 aromatic rings. The van der Waals surface area contributed by atoms with Gasteiger partial charge in [0.2, 0.25) is 15.9 Å². The van der Waals surface area contributed by atoms with E-state index in [2.05, 4.69) is 10.6 Å². The highest BCUT2D eigenvalue weighted by Crippen LogP contribution is 2.17. The first-order valence-electron chi connectivity index (χ1n) is 9.06. The van der Waals surface area contributed by atoms with E-state index in [0.717, 1.165) is 31.5 Å². The van der Waals surface area contributed by atoms with Crippen LogP contribution >= 0.6 is 0 Å². The molecule has 2 rings (SSSR count). The molecule has 1 saturated heterocycles. The van der Waals surface area contributed by atoms with Gasteiger partial charge < -0.3 is 10.6 Å². The summed E-state index contributed by atoms with van der Waals surface area (Å²) in [6.45, 7) is 6.43. The van der Waals surface area contributed by atoms with Crippen LogP contribution in [0.25, 0.3) is 0 Å². The van der Waals surface area contributed by atoms with Crippen molar-refractivity contribution >= 4 is 15.9 Å². The van der Waals surface area contributed by atoms with Crippen molar-refractivity contribution in [3.8, 4) is 0 Å². The van der Waals surface area contributed by atoms with Gasteiger partial charge in [0.05, 0.1) is 4.90 Å². The summed E-state index contributed by atoms with van der Waals surface area (Å²) in [5.41, 5.74) is 0.968. The largest absolute Gasteiger partial charge is 0.352 e. The zero-order chi connectivity index (χ0) is 18.3. The Bertz CT molecular complexity index is 649. The van der Waals surface area contributed by atoms with E-state index in [9.17, 15) is 13.2 Å². The van der Waals surface area contributed by atoms with Gasteiger partial charge in [-0.25, -0.2) is 8.42 Å².